The number of amides is 1. The van der Waals surface area contributed by atoms with Gasteiger partial charge >= 0.3 is 5.97 Å². The van der Waals surface area contributed by atoms with Crippen LogP contribution in [0.1, 0.15) is 72.5 Å². The Morgan fingerprint density at radius 3 is 2.78 bits per heavy atom. The van der Waals surface area contributed by atoms with Crippen LogP contribution in [-0.2, 0) is 39.5 Å². The van der Waals surface area contributed by atoms with Crippen molar-refractivity contribution in [1.29, 1.82) is 0 Å². The van der Waals surface area contributed by atoms with Crippen LogP contribution in [0.4, 0.5) is 4.39 Å². The molecule has 0 bridgehead atoms. The molecule has 3 aromatic rings. The Balaban J connectivity index is 1.52. The van der Waals surface area contributed by atoms with E-state index in [0.29, 0.717) is 41.9 Å². The number of esters is 1. The van der Waals surface area contributed by atoms with Gasteiger partial charge in [0.25, 0.3) is 5.56 Å². The summed E-state index contributed by atoms with van der Waals surface area (Å²) in [5.74, 6) is -1.27. The summed E-state index contributed by atoms with van der Waals surface area (Å²) < 4.78 is 21.8. The molecule has 10 heteroatoms. The number of aromatic nitrogens is 2. The van der Waals surface area contributed by atoms with E-state index in [1.807, 2.05) is 18.9 Å². The molecule has 9 nitrogen and oxygen atoms in total. The molecule has 3 aliphatic rings. The van der Waals surface area contributed by atoms with E-state index in [2.05, 4.69) is 11.9 Å². The molecule has 0 radical (unpaired) electrons. The predicted octanol–water partition coefficient (Wildman–Crippen LogP) is 3.49. The van der Waals surface area contributed by atoms with E-state index in [1.165, 1.54) is 6.07 Å². The number of cyclic esters (lactones) is 1. The Morgan fingerprint density at radius 1 is 1.32 bits per heavy atom. The minimum absolute atomic E-state index is 0.0352. The molecule has 0 saturated carbocycles. The van der Waals surface area contributed by atoms with Crippen LogP contribution in [0.25, 0.3) is 22.3 Å². The molecular weight excluding hydrogens is 527 g/mol. The minimum atomic E-state index is -1.94. The highest BCUT2D eigenvalue weighted by Crippen LogP contribution is 2.45. The quantitative estimate of drug-likeness (QED) is 0.347. The molecule has 1 amide bonds. The Hall–Kier alpha value is -4.05. The highest BCUT2D eigenvalue weighted by atomic mass is 19.1. The average Bonchev–Trinajstić information content (AvgIpc) is 3.31. The van der Waals surface area contributed by atoms with Gasteiger partial charge in [0.15, 0.2) is 5.60 Å². The SMILES string of the molecule is C=C(C)N(C)CCC(=O)N[C@H]1CCc2c(C)c(F)cc3nc4c(c1c23)Cn1c-4cc2c(c1=O)COC(=O)[C@]2(O)CC. The molecule has 2 N–H and O–H groups in total. The van der Waals surface area contributed by atoms with Gasteiger partial charge in [-0.3, -0.25) is 9.59 Å². The maximum Gasteiger partial charge on any atom is 0.343 e. The van der Waals surface area contributed by atoms with Crippen LogP contribution in [0.3, 0.4) is 0 Å². The Labute approximate surface area is 236 Å². The second kappa shape index (κ2) is 9.51. The lowest BCUT2D eigenvalue weighted by atomic mass is 9.81. The lowest BCUT2D eigenvalue weighted by molar-refractivity contribution is -0.172. The van der Waals surface area contributed by atoms with E-state index < -0.39 is 11.6 Å². The van der Waals surface area contributed by atoms with Crippen molar-refractivity contribution in [2.75, 3.05) is 13.6 Å². The number of hydrogen-bond acceptors (Lipinski definition) is 7. The van der Waals surface area contributed by atoms with Crippen LogP contribution in [0.15, 0.2) is 29.2 Å². The number of pyridine rings is 2. The fraction of sp³-hybridized carbons (Fsp3) is 0.419. The van der Waals surface area contributed by atoms with Gasteiger partial charge in [-0.25, -0.2) is 14.2 Å². The van der Waals surface area contributed by atoms with Gasteiger partial charge in [0, 0.05) is 48.3 Å². The van der Waals surface area contributed by atoms with Crippen LogP contribution < -0.4 is 10.9 Å². The number of allylic oxidation sites excluding steroid dienone is 1. The van der Waals surface area contributed by atoms with Gasteiger partial charge < -0.3 is 24.6 Å². The van der Waals surface area contributed by atoms with Crippen molar-refractivity contribution in [2.24, 2.45) is 0 Å². The Kier molecular flexibility index (Phi) is 6.29. The van der Waals surface area contributed by atoms with Crippen molar-refractivity contribution in [1.82, 2.24) is 19.8 Å². The summed E-state index contributed by atoms with van der Waals surface area (Å²) in [5.41, 5.74) is 3.43. The molecule has 6 rings (SSSR count). The Morgan fingerprint density at radius 2 is 2.07 bits per heavy atom. The van der Waals surface area contributed by atoms with Crippen LogP contribution >= 0.6 is 0 Å². The van der Waals surface area contributed by atoms with E-state index in [1.54, 1.807) is 24.5 Å². The van der Waals surface area contributed by atoms with Gasteiger partial charge in [0.1, 0.15) is 12.4 Å². The summed E-state index contributed by atoms with van der Waals surface area (Å²) in [5, 5.41) is 15.2. The summed E-state index contributed by atoms with van der Waals surface area (Å²) in [6.45, 7) is 9.70. The number of aliphatic hydroxyl groups is 1. The van der Waals surface area contributed by atoms with Crippen molar-refractivity contribution >= 4 is 22.8 Å². The van der Waals surface area contributed by atoms with E-state index in [4.69, 9.17) is 9.72 Å². The zero-order valence-corrected chi connectivity index (χ0v) is 23.7. The molecule has 1 aliphatic carbocycles. The molecule has 1 aromatic carbocycles. The number of halogens is 1. The van der Waals surface area contributed by atoms with Crippen molar-refractivity contribution in [3.05, 3.63) is 74.0 Å². The van der Waals surface area contributed by atoms with Gasteiger partial charge in [-0.1, -0.05) is 13.5 Å². The second-order valence-corrected chi connectivity index (χ2v) is 11.4. The number of carbonyl (C=O) groups is 2. The van der Waals surface area contributed by atoms with Crippen molar-refractivity contribution < 1.29 is 23.8 Å². The summed E-state index contributed by atoms with van der Waals surface area (Å²) in [4.78, 5) is 46.1. The van der Waals surface area contributed by atoms with Gasteiger partial charge in [-0.15, -0.1) is 0 Å². The van der Waals surface area contributed by atoms with E-state index in [0.717, 1.165) is 27.8 Å². The summed E-state index contributed by atoms with van der Waals surface area (Å²) >= 11 is 0. The molecule has 0 fully saturated rings. The van der Waals surface area contributed by atoms with Crippen molar-refractivity contribution in [3.8, 4) is 11.4 Å². The van der Waals surface area contributed by atoms with Crippen LogP contribution in [-0.4, -0.2) is 45.0 Å². The molecular formula is C31H33FN4O5. The molecule has 2 atom stereocenters. The third-order valence-corrected chi connectivity index (χ3v) is 9.04. The number of ether oxygens (including phenoxy) is 1. The number of benzene rings is 1. The summed E-state index contributed by atoms with van der Waals surface area (Å²) in [6, 6.07) is 2.70. The van der Waals surface area contributed by atoms with Gasteiger partial charge in [0.05, 0.1) is 35.1 Å². The normalized spacial score (nSPS) is 20.2. The third-order valence-electron chi connectivity index (χ3n) is 9.04. The zero-order chi connectivity index (χ0) is 29.4. The topological polar surface area (TPSA) is 114 Å². The number of nitrogens with zero attached hydrogens (tertiary/aromatic N) is 3. The maximum atomic E-state index is 15.1. The third kappa shape index (κ3) is 3.99. The molecule has 0 unspecified atom stereocenters. The first-order valence-electron chi connectivity index (χ1n) is 13.9. The van der Waals surface area contributed by atoms with E-state index in [-0.39, 0.29) is 60.4 Å². The highest BCUT2D eigenvalue weighted by Gasteiger charge is 2.46. The monoisotopic (exact) mass is 560 g/mol. The fourth-order valence-corrected chi connectivity index (χ4v) is 6.43. The number of hydrogen-bond donors (Lipinski definition) is 2. The molecule has 4 heterocycles. The van der Waals surface area contributed by atoms with Gasteiger partial charge in [0.2, 0.25) is 5.91 Å². The summed E-state index contributed by atoms with van der Waals surface area (Å²) in [7, 11) is 1.88. The minimum Gasteiger partial charge on any atom is -0.458 e. The molecule has 2 aromatic heterocycles. The number of rotatable bonds is 6. The van der Waals surface area contributed by atoms with E-state index >= 15 is 4.39 Å². The summed E-state index contributed by atoms with van der Waals surface area (Å²) in [6.07, 6.45) is 1.47. The van der Waals surface area contributed by atoms with E-state index in [9.17, 15) is 19.5 Å². The maximum absolute atomic E-state index is 15.1. The largest absolute Gasteiger partial charge is 0.458 e. The van der Waals surface area contributed by atoms with Gasteiger partial charge in [-0.05, 0) is 55.9 Å². The fourth-order valence-electron chi connectivity index (χ4n) is 6.43. The lowest BCUT2D eigenvalue weighted by Crippen LogP contribution is -2.44. The predicted molar refractivity (Wildman–Crippen MR) is 150 cm³/mol. The molecule has 41 heavy (non-hydrogen) atoms. The highest BCUT2D eigenvalue weighted by molar-refractivity contribution is 5.94. The smallest absolute Gasteiger partial charge is 0.343 e. The first-order valence-corrected chi connectivity index (χ1v) is 13.9. The number of fused-ring (bicyclic) bond motifs is 5. The first kappa shape index (κ1) is 27.1. The van der Waals surface area contributed by atoms with Crippen LogP contribution in [0.5, 0.6) is 0 Å². The standard InChI is InChI=1S/C31H33FN4O5/c1-6-31(40)20-11-24-28-18(13-36(24)29(38)19(20)14-41-30(31)39)27-22(33-25(37)9-10-35(5)15(2)3)8-7-17-16(4)21(32)12-23(34-28)26(17)27/h11-12,22,40H,2,6-10,13-14H2,1,3-5H3,(H,33,37)/t22-,31-/m0/s1. The number of aryl methyl sites for hydroxylation is 1. The van der Waals surface area contributed by atoms with Gasteiger partial charge in [-0.2, -0.15) is 0 Å². The second-order valence-electron chi connectivity index (χ2n) is 11.4. The molecule has 0 saturated heterocycles. The molecule has 214 valence electrons. The Bertz CT molecular complexity index is 1750. The average molecular weight is 561 g/mol. The number of nitrogens with one attached hydrogen (secondary N) is 1. The van der Waals surface area contributed by atoms with Crippen molar-refractivity contribution in [3.63, 3.8) is 0 Å². The molecule has 0 spiro atoms. The zero-order valence-electron chi connectivity index (χ0n) is 23.7. The van der Waals surface area contributed by atoms with Crippen LogP contribution in [0, 0.1) is 12.7 Å². The molecule has 2 aliphatic heterocycles. The number of carbonyl (C=O) groups excluding carboxylic acids is 2. The first-order chi connectivity index (χ1) is 19.5. The lowest BCUT2D eigenvalue weighted by Gasteiger charge is -2.31. The van der Waals surface area contributed by atoms with Crippen LogP contribution in [0.2, 0.25) is 0 Å². The van der Waals surface area contributed by atoms with Crippen molar-refractivity contribution in [2.45, 2.75) is 71.2 Å².